The van der Waals surface area contributed by atoms with Crippen molar-refractivity contribution in [3.8, 4) is 0 Å². The van der Waals surface area contributed by atoms with Gasteiger partial charge in [-0.05, 0) is 14.1 Å². The molecule has 1 saturated heterocycles. The molecule has 0 bridgehead atoms. The SMILES string of the molecule is CNCC1OCCN(C)C1c1cn(C)nc1C(C)(C)C. The maximum atomic E-state index is 5.99. The summed E-state index contributed by atoms with van der Waals surface area (Å²) in [6.07, 6.45) is 2.32. The first-order valence-electron chi connectivity index (χ1n) is 7.35. The summed E-state index contributed by atoms with van der Waals surface area (Å²) in [7, 11) is 6.15. The number of nitrogens with one attached hydrogen (secondary N) is 1. The van der Waals surface area contributed by atoms with E-state index in [1.54, 1.807) is 0 Å². The Hall–Kier alpha value is -0.910. The summed E-state index contributed by atoms with van der Waals surface area (Å²) < 4.78 is 7.92. The summed E-state index contributed by atoms with van der Waals surface area (Å²) in [5.41, 5.74) is 2.50. The molecular formula is C15H28N4O. The van der Waals surface area contributed by atoms with Gasteiger partial charge in [0.05, 0.1) is 24.4 Å². The van der Waals surface area contributed by atoms with Gasteiger partial charge in [-0.3, -0.25) is 9.58 Å². The van der Waals surface area contributed by atoms with Gasteiger partial charge in [0.25, 0.3) is 0 Å². The molecule has 0 radical (unpaired) electrons. The number of aryl methyl sites for hydroxylation is 1. The van der Waals surface area contributed by atoms with Crippen molar-refractivity contribution in [2.24, 2.45) is 7.05 Å². The number of morpholine rings is 1. The molecular weight excluding hydrogens is 252 g/mol. The lowest BCUT2D eigenvalue weighted by atomic mass is 9.85. The van der Waals surface area contributed by atoms with Crippen molar-refractivity contribution in [1.82, 2.24) is 20.0 Å². The van der Waals surface area contributed by atoms with Crippen molar-refractivity contribution in [2.45, 2.75) is 38.3 Å². The van der Waals surface area contributed by atoms with E-state index in [2.05, 4.69) is 44.2 Å². The fourth-order valence-corrected chi connectivity index (χ4v) is 2.98. The average Bonchev–Trinajstić information content (AvgIpc) is 2.71. The van der Waals surface area contributed by atoms with E-state index in [1.165, 1.54) is 11.3 Å². The first-order valence-corrected chi connectivity index (χ1v) is 7.35. The maximum absolute atomic E-state index is 5.99. The second-order valence-electron chi connectivity index (χ2n) is 6.75. The highest BCUT2D eigenvalue weighted by molar-refractivity contribution is 5.29. The fraction of sp³-hybridized carbons (Fsp3) is 0.800. The Balaban J connectivity index is 2.41. The van der Waals surface area contributed by atoms with Crippen LogP contribution in [0, 0.1) is 0 Å². The number of aromatic nitrogens is 2. The lowest BCUT2D eigenvalue weighted by molar-refractivity contribution is -0.0611. The van der Waals surface area contributed by atoms with Crippen LogP contribution in [0.15, 0.2) is 6.20 Å². The van der Waals surface area contributed by atoms with Gasteiger partial charge in [-0.25, -0.2) is 0 Å². The van der Waals surface area contributed by atoms with Crippen LogP contribution in [0.1, 0.15) is 38.1 Å². The molecule has 20 heavy (non-hydrogen) atoms. The zero-order valence-electron chi connectivity index (χ0n) is 13.6. The lowest BCUT2D eigenvalue weighted by Gasteiger charge is -2.40. The summed E-state index contributed by atoms with van der Waals surface area (Å²) in [5.74, 6) is 0. The molecule has 1 fully saturated rings. The van der Waals surface area contributed by atoms with Crippen LogP contribution in [0.4, 0.5) is 0 Å². The Kier molecular flexibility index (Phi) is 4.52. The predicted octanol–water partition coefficient (Wildman–Crippen LogP) is 1.31. The van der Waals surface area contributed by atoms with Crippen molar-refractivity contribution >= 4 is 0 Å². The third-order valence-corrected chi connectivity index (χ3v) is 3.89. The lowest BCUT2D eigenvalue weighted by Crippen LogP contribution is -2.47. The van der Waals surface area contributed by atoms with E-state index >= 15 is 0 Å². The van der Waals surface area contributed by atoms with Crippen LogP contribution in [-0.4, -0.2) is 54.6 Å². The van der Waals surface area contributed by atoms with Crippen molar-refractivity contribution in [3.05, 3.63) is 17.5 Å². The normalized spacial score (nSPS) is 25.1. The third-order valence-electron chi connectivity index (χ3n) is 3.89. The molecule has 0 saturated carbocycles. The molecule has 5 nitrogen and oxygen atoms in total. The molecule has 5 heteroatoms. The largest absolute Gasteiger partial charge is 0.374 e. The molecule has 1 N–H and O–H groups in total. The standard InChI is InChI=1S/C15H28N4O/c1-15(2,3)14-11(10-19(6)17-14)13-12(9-16-4)20-8-7-18(13)5/h10,12-13,16H,7-9H2,1-6H3. The quantitative estimate of drug-likeness (QED) is 0.906. The summed E-state index contributed by atoms with van der Waals surface area (Å²) in [4.78, 5) is 2.39. The van der Waals surface area contributed by atoms with Gasteiger partial charge in [0, 0.05) is 37.3 Å². The molecule has 0 amide bonds. The Morgan fingerprint density at radius 2 is 2.10 bits per heavy atom. The summed E-state index contributed by atoms with van der Waals surface area (Å²) in [6.45, 7) is 9.27. The van der Waals surface area contributed by atoms with Gasteiger partial charge >= 0.3 is 0 Å². The Bertz CT molecular complexity index is 447. The number of rotatable bonds is 3. The Labute approximate surface area is 122 Å². The van der Waals surface area contributed by atoms with E-state index in [0.29, 0.717) is 0 Å². The Morgan fingerprint density at radius 3 is 2.70 bits per heavy atom. The van der Waals surface area contributed by atoms with Crippen molar-refractivity contribution < 1.29 is 4.74 Å². The molecule has 114 valence electrons. The molecule has 1 aliphatic rings. The minimum atomic E-state index is 0.0407. The first kappa shape index (κ1) is 15.5. The van der Waals surface area contributed by atoms with Gasteiger partial charge in [0.1, 0.15) is 0 Å². The molecule has 2 rings (SSSR count). The van der Waals surface area contributed by atoms with Gasteiger partial charge in [-0.2, -0.15) is 5.10 Å². The monoisotopic (exact) mass is 280 g/mol. The van der Waals surface area contributed by atoms with E-state index in [9.17, 15) is 0 Å². The van der Waals surface area contributed by atoms with Crippen molar-refractivity contribution in [1.29, 1.82) is 0 Å². The fourth-order valence-electron chi connectivity index (χ4n) is 2.98. The van der Waals surface area contributed by atoms with Crippen LogP contribution in [0.3, 0.4) is 0 Å². The molecule has 0 aliphatic carbocycles. The third kappa shape index (κ3) is 3.05. The molecule has 2 atom stereocenters. The highest BCUT2D eigenvalue weighted by Gasteiger charge is 2.36. The van der Waals surface area contributed by atoms with Crippen LogP contribution >= 0.6 is 0 Å². The van der Waals surface area contributed by atoms with Crippen molar-refractivity contribution in [3.63, 3.8) is 0 Å². The van der Waals surface area contributed by atoms with E-state index in [0.717, 1.165) is 19.7 Å². The van der Waals surface area contributed by atoms with Crippen molar-refractivity contribution in [2.75, 3.05) is 33.8 Å². The highest BCUT2D eigenvalue weighted by Crippen LogP contribution is 2.35. The summed E-state index contributed by atoms with van der Waals surface area (Å²) in [5, 5.41) is 7.94. The summed E-state index contributed by atoms with van der Waals surface area (Å²) >= 11 is 0. The van der Waals surface area contributed by atoms with Gasteiger partial charge in [-0.1, -0.05) is 20.8 Å². The number of hydrogen-bond donors (Lipinski definition) is 1. The van der Waals surface area contributed by atoms with Crippen LogP contribution in [-0.2, 0) is 17.2 Å². The van der Waals surface area contributed by atoms with E-state index in [-0.39, 0.29) is 17.6 Å². The minimum Gasteiger partial charge on any atom is -0.374 e. The van der Waals surface area contributed by atoms with E-state index in [4.69, 9.17) is 9.84 Å². The van der Waals surface area contributed by atoms with Gasteiger partial charge in [0.2, 0.25) is 0 Å². The van der Waals surface area contributed by atoms with E-state index < -0.39 is 0 Å². The van der Waals surface area contributed by atoms with Crippen LogP contribution < -0.4 is 5.32 Å². The van der Waals surface area contributed by atoms with Gasteiger partial charge in [0.15, 0.2) is 0 Å². The molecule has 1 aromatic heterocycles. The van der Waals surface area contributed by atoms with Gasteiger partial charge < -0.3 is 10.1 Å². The zero-order chi connectivity index (χ0) is 14.9. The minimum absolute atomic E-state index is 0.0407. The predicted molar refractivity (Wildman–Crippen MR) is 80.9 cm³/mol. The smallest absolute Gasteiger partial charge is 0.0897 e. The number of nitrogens with zero attached hydrogens (tertiary/aromatic N) is 3. The highest BCUT2D eigenvalue weighted by atomic mass is 16.5. The van der Waals surface area contributed by atoms with Crippen LogP contribution in [0.5, 0.6) is 0 Å². The van der Waals surface area contributed by atoms with Crippen LogP contribution in [0.2, 0.25) is 0 Å². The second kappa shape index (κ2) is 5.84. The molecule has 2 heterocycles. The number of likely N-dealkylation sites (N-methyl/N-ethyl adjacent to an activating group) is 2. The molecule has 1 aliphatic heterocycles. The zero-order valence-corrected chi connectivity index (χ0v) is 13.6. The van der Waals surface area contributed by atoms with E-state index in [1.807, 2.05) is 18.8 Å². The first-order chi connectivity index (χ1) is 9.34. The maximum Gasteiger partial charge on any atom is 0.0897 e. The topological polar surface area (TPSA) is 42.3 Å². The number of hydrogen-bond acceptors (Lipinski definition) is 4. The number of ether oxygens (including phenoxy) is 1. The molecule has 2 unspecified atom stereocenters. The average molecular weight is 280 g/mol. The van der Waals surface area contributed by atoms with Gasteiger partial charge in [-0.15, -0.1) is 0 Å². The van der Waals surface area contributed by atoms with Crippen LogP contribution in [0.25, 0.3) is 0 Å². The molecule has 0 spiro atoms. The molecule has 0 aromatic carbocycles. The molecule has 1 aromatic rings. The summed E-state index contributed by atoms with van der Waals surface area (Å²) in [6, 6.07) is 0.263. The Morgan fingerprint density at radius 1 is 1.40 bits per heavy atom. The second-order valence-corrected chi connectivity index (χ2v) is 6.75.